The molecule has 4 rings (SSSR count). The number of carbonyl (C=O) groups excluding carboxylic acids is 1. The zero-order chi connectivity index (χ0) is 22.9. The summed E-state index contributed by atoms with van der Waals surface area (Å²) in [6.07, 6.45) is 3.23. The lowest BCUT2D eigenvalue weighted by atomic mass is 10.1. The summed E-state index contributed by atoms with van der Waals surface area (Å²) in [5, 5.41) is 15.3. The van der Waals surface area contributed by atoms with Crippen LogP contribution in [0.15, 0.2) is 64.4 Å². The van der Waals surface area contributed by atoms with Crippen LogP contribution in [0, 0.1) is 23.0 Å². The van der Waals surface area contributed by atoms with Gasteiger partial charge in [-0.15, -0.1) is 0 Å². The van der Waals surface area contributed by atoms with E-state index in [9.17, 15) is 23.3 Å². The summed E-state index contributed by atoms with van der Waals surface area (Å²) in [5.74, 6) is -0.951. The van der Waals surface area contributed by atoms with Crippen molar-refractivity contribution >= 4 is 21.5 Å². The number of benzene rings is 2. The number of para-hydroxylation sites is 1. The number of nitro groups is 1. The fourth-order valence-electron chi connectivity index (χ4n) is 3.84. The van der Waals surface area contributed by atoms with E-state index in [-0.39, 0.29) is 33.0 Å². The van der Waals surface area contributed by atoms with Crippen LogP contribution in [0.4, 0.5) is 5.69 Å². The van der Waals surface area contributed by atoms with Crippen molar-refractivity contribution in [2.75, 3.05) is 0 Å². The third-order valence-electron chi connectivity index (χ3n) is 5.48. The smallest absolute Gasteiger partial charge is 0.315 e. The Balaban J connectivity index is 1.84. The largest absolute Gasteiger partial charge is 0.406 e. The van der Waals surface area contributed by atoms with Crippen LogP contribution in [0.5, 0.6) is 5.88 Å². The van der Waals surface area contributed by atoms with Crippen LogP contribution in [0.3, 0.4) is 0 Å². The van der Waals surface area contributed by atoms with Gasteiger partial charge in [0.1, 0.15) is 0 Å². The molecule has 0 bridgehead atoms. The quantitative estimate of drug-likeness (QED) is 0.313. The third-order valence-corrected chi connectivity index (χ3v) is 7.38. The summed E-state index contributed by atoms with van der Waals surface area (Å²) in [6, 6.07) is 13.3. The Hall–Kier alpha value is -3.53. The second-order valence-electron chi connectivity index (χ2n) is 7.62. The zero-order valence-corrected chi connectivity index (χ0v) is 18.1. The highest BCUT2D eigenvalue weighted by Crippen LogP contribution is 2.36. The minimum absolute atomic E-state index is 0.154. The number of esters is 1. The van der Waals surface area contributed by atoms with Gasteiger partial charge in [0, 0.05) is 12.1 Å². The molecule has 166 valence electrons. The lowest BCUT2D eigenvalue weighted by Crippen LogP contribution is -2.20. The van der Waals surface area contributed by atoms with E-state index in [0.29, 0.717) is 18.5 Å². The molecule has 0 atom stereocenters. The first-order chi connectivity index (χ1) is 15.3. The molecule has 0 amide bonds. The number of rotatable bonds is 6. The zero-order valence-electron chi connectivity index (χ0n) is 17.3. The van der Waals surface area contributed by atoms with Crippen molar-refractivity contribution in [3.8, 4) is 11.6 Å². The van der Waals surface area contributed by atoms with Gasteiger partial charge in [-0.25, -0.2) is 8.42 Å². The average Bonchev–Trinajstić information content (AvgIpc) is 3.43. The maximum atomic E-state index is 13.5. The molecule has 1 saturated carbocycles. The number of hydrogen-bond acceptors (Lipinski definition) is 7. The predicted octanol–water partition coefficient (Wildman–Crippen LogP) is 4.02. The van der Waals surface area contributed by atoms with Crippen molar-refractivity contribution in [2.45, 2.75) is 42.4 Å². The van der Waals surface area contributed by atoms with E-state index >= 15 is 0 Å². The molecule has 10 heteroatoms. The fourth-order valence-corrected chi connectivity index (χ4v) is 5.36. The predicted molar refractivity (Wildman–Crippen MR) is 114 cm³/mol. The Bertz CT molecular complexity index is 1260. The van der Waals surface area contributed by atoms with E-state index < -0.39 is 20.7 Å². The third kappa shape index (κ3) is 4.01. The molecule has 1 aliphatic carbocycles. The van der Waals surface area contributed by atoms with Crippen molar-refractivity contribution in [1.82, 2.24) is 9.78 Å². The minimum Gasteiger partial charge on any atom is -0.406 e. The number of hydrogen-bond donors (Lipinski definition) is 0. The molecular formula is C22H21N3O6S. The maximum absolute atomic E-state index is 13.5. The topological polar surface area (TPSA) is 121 Å². The van der Waals surface area contributed by atoms with Gasteiger partial charge in [0.15, 0.2) is 4.90 Å². The summed E-state index contributed by atoms with van der Waals surface area (Å²) in [7, 11) is -4.18. The van der Waals surface area contributed by atoms with Crippen LogP contribution in [0.2, 0.25) is 0 Å². The molecule has 32 heavy (non-hydrogen) atoms. The van der Waals surface area contributed by atoms with E-state index in [4.69, 9.17) is 4.74 Å². The van der Waals surface area contributed by atoms with Crippen molar-refractivity contribution in [1.29, 1.82) is 0 Å². The number of nitro benzene ring substituents is 1. The van der Waals surface area contributed by atoms with Gasteiger partial charge < -0.3 is 4.74 Å². The van der Waals surface area contributed by atoms with Crippen LogP contribution in [-0.4, -0.2) is 29.1 Å². The summed E-state index contributed by atoms with van der Waals surface area (Å²) >= 11 is 0. The molecule has 0 aliphatic heterocycles. The summed E-state index contributed by atoms with van der Waals surface area (Å²) in [5.41, 5.74) is 0.463. The first-order valence-corrected chi connectivity index (χ1v) is 11.6. The summed E-state index contributed by atoms with van der Waals surface area (Å²) in [4.78, 5) is 22.7. The maximum Gasteiger partial charge on any atom is 0.315 e. The fraction of sp³-hybridized carbons (Fsp3) is 0.273. The molecule has 1 fully saturated rings. The highest BCUT2D eigenvalue weighted by atomic mass is 32.2. The van der Waals surface area contributed by atoms with Gasteiger partial charge in [0.05, 0.1) is 27.1 Å². The van der Waals surface area contributed by atoms with Gasteiger partial charge in [0.25, 0.3) is 5.69 Å². The number of aryl methyl sites for hydroxylation is 1. The van der Waals surface area contributed by atoms with Crippen molar-refractivity contribution in [2.24, 2.45) is 5.92 Å². The van der Waals surface area contributed by atoms with E-state index in [1.807, 2.05) is 0 Å². The number of non-ortho nitro benzene ring substituents is 1. The molecule has 0 radical (unpaired) electrons. The number of sulfone groups is 1. The second-order valence-corrected chi connectivity index (χ2v) is 9.51. The Morgan fingerprint density at radius 1 is 1.09 bits per heavy atom. The first kappa shape index (κ1) is 21.7. The Morgan fingerprint density at radius 3 is 2.31 bits per heavy atom. The lowest BCUT2D eigenvalue weighted by Gasteiger charge is -2.13. The summed E-state index contributed by atoms with van der Waals surface area (Å²) in [6.45, 7) is 1.52. The number of carbonyl (C=O) groups is 1. The van der Waals surface area contributed by atoms with Gasteiger partial charge in [0.2, 0.25) is 15.7 Å². The van der Waals surface area contributed by atoms with Crippen LogP contribution in [-0.2, 0) is 14.6 Å². The van der Waals surface area contributed by atoms with Crippen LogP contribution in [0.25, 0.3) is 5.69 Å². The Labute approximate surface area is 184 Å². The molecule has 2 aromatic carbocycles. The average molecular weight is 455 g/mol. The Morgan fingerprint density at radius 2 is 1.72 bits per heavy atom. The van der Waals surface area contributed by atoms with Gasteiger partial charge in [-0.3, -0.25) is 14.9 Å². The van der Waals surface area contributed by atoms with Crippen molar-refractivity contribution in [3.05, 3.63) is 70.4 Å². The molecule has 0 unspecified atom stereocenters. The standard InChI is InChI=1S/C22H21N3O6S/c1-15-20(32(29,30)19-13-11-18(12-14-19)25(27)28)21(31-22(26)16-7-5-6-8-16)24(23-15)17-9-3-2-4-10-17/h2-4,9-14,16H,5-8H2,1H3. The molecule has 0 N–H and O–H groups in total. The molecule has 1 heterocycles. The number of nitrogens with zero attached hydrogens (tertiary/aromatic N) is 3. The van der Waals surface area contributed by atoms with E-state index in [1.165, 1.54) is 11.6 Å². The van der Waals surface area contributed by atoms with Gasteiger partial charge in [-0.2, -0.15) is 9.78 Å². The molecule has 1 aliphatic rings. The molecule has 1 aromatic heterocycles. The SMILES string of the molecule is Cc1nn(-c2ccccc2)c(OC(=O)C2CCCC2)c1S(=O)(=O)c1ccc([N+](=O)[O-])cc1. The van der Waals surface area contributed by atoms with Gasteiger partial charge in [-0.1, -0.05) is 31.0 Å². The minimum atomic E-state index is -4.18. The highest BCUT2D eigenvalue weighted by Gasteiger charge is 2.34. The van der Waals surface area contributed by atoms with Crippen molar-refractivity contribution in [3.63, 3.8) is 0 Å². The van der Waals surface area contributed by atoms with E-state index in [2.05, 4.69) is 5.10 Å². The molecular weight excluding hydrogens is 434 g/mol. The Kier molecular flexibility index (Phi) is 5.79. The number of ether oxygens (including phenoxy) is 1. The van der Waals surface area contributed by atoms with Crippen LogP contribution in [0.1, 0.15) is 31.4 Å². The monoisotopic (exact) mass is 455 g/mol. The molecule has 0 saturated heterocycles. The molecule has 9 nitrogen and oxygen atoms in total. The lowest BCUT2D eigenvalue weighted by molar-refractivity contribution is -0.384. The second kappa shape index (κ2) is 8.54. The van der Waals surface area contributed by atoms with Gasteiger partial charge >= 0.3 is 5.97 Å². The highest BCUT2D eigenvalue weighted by molar-refractivity contribution is 7.91. The molecule has 0 spiro atoms. The first-order valence-electron chi connectivity index (χ1n) is 10.2. The van der Waals surface area contributed by atoms with Crippen LogP contribution < -0.4 is 4.74 Å². The molecule has 3 aromatic rings. The van der Waals surface area contributed by atoms with E-state index in [1.54, 1.807) is 30.3 Å². The number of aromatic nitrogens is 2. The van der Waals surface area contributed by atoms with Crippen molar-refractivity contribution < 1.29 is 22.9 Å². The van der Waals surface area contributed by atoms with E-state index in [0.717, 1.165) is 37.1 Å². The normalized spacial score (nSPS) is 14.4. The summed E-state index contributed by atoms with van der Waals surface area (Å²) < 4.78 is 34.0. The van der Waals surface area contributed by atoms with Crippen LogP contribution >= 0.6 is 0 Å². The van der Waals surface area contributed by atoms with Gasteiger partial charge in [-0.05, 0) is 44.0 Å².